The lowest BCUT2D eigenvalue weighted by Gasteiger charge is -2.20. The number of hydrazine groups is 1. The van der Waals surface area contributed by atoms with Crippen molar-refractivity contribution in [1.82, 2.24) is 10.3 Å². The van der Waals surface area contributed by atoms with E-state index in [-0.39, 0.29) is 0 Å². The molecule has 0 spiro atoms. The van der Waals surface area contributed by atoms with Crippen molar-refractivity contribution in [3.63, 3.8) is 0 Å². The highest BCUT2D eigenvalue weighted by atomic mass is 16.5. The van der Waals surface area contributed by atoms with E-state index in [9.17, 15) is 0 Å². The number of hydrogen-bond donors (Lipinski definition) is 2. The van der Waals surface area contributed by atoms with Gasteiger partial charge in [0.1, 0.15) is 5.75 Å². The fraction of sp³-hybridized carbons (Fsp3) is 0.368. The van der Waals surface area contributed by atoms with Crippen molar-refractivity contribution in [3.05, 3.63) is 59.7 Å². The molecule has 4 heteroatoms. The van der Waals surface area contributed by atoms with E-state index in [1.165, 1.54) is 11.1 Å². The van der Waals surface area contributed by atoms with Gasteiger partial charge in [-0.25, -0.2) is 5.43 Å². The largest absolute Gasteiger partial charge is 0.496 e. The lowest BCUT2D eigenvalue weighted by Crippen LogP contribution is -2.23. The van der Waals surface area contributed by atoms with Crippen LogP contribution in [0.25, 0.3) is 0 Å². The number of nitrogens with one attached hydrogen (secondary N) is 2. The lowest BCUT2D eigenvalue weighted by molar-refractivity contribution is 0.289. The maximum absolute atomic E-state index is 5.50. The third-order valence-corrected chi connectivity index (χ3v) is 3.93. The van der Waals surface area contributed by atoms with Gasteiger partial charge in [-0.15, -0.1) is 0 Å². The number of methoxy groups -OCH3 is 1. The molecule has 0 heterocycles. The second kappa shape index (κ2) is 9.18. The predicted molar refractivity (Wildman–Crippen MR) is 96.5 cm³/mol. The van der Waals surface area contributed by atoms with Crippen molar-refractivity contribution in [3.8, 4) is 5.75 Å². The van der Waals surface area contributed by atoms with Crippen molar-refractivity contribution < 1.29 is 4.74 Å². The fourth-order valence-corrected chi connectivity index (χ4v) is 2.52. The molecule has 4 nitrogen and oxygen atoms in total. The van der Waals surface area contributed by atoms with Gasteiger partial charge in [-0.1, -0.05) is 38.1 Å². The third kappa shape index (κ3) is 5.27. The number of nitrogens with zero attached hydrogens (tertiary/aromatic N) is 1. The Kier molecular flexibility index (Phi) is 6.91. The number of rotatable bonds is 9. The second-order valence-electron chi connectivity index (χ2n) is 5.45. The minimum atomic E-state index is 0.754. The van der Waals surface area contributed by atoms with Crippen LogP contribution in [0.5, 0.6) is 5.75 Å². The Morgan fingerprint density at radius 1 is 1.00 bits per heavy atom. The summed E-state index contributed by atoms with van der Waals surface area (Å²) in [4.78, 5) is 2.39. The maximum Gasteiger partial charge on any atom is 0.123 e. The van der Waals surface area contributed by atoms with E-state index in [2.05, 4.69) is 47.8 Å². The minimum Gasteiger partial charge on any atom is -0.496 e. The van der Waals surface area contributed by atoms with Gasteiger partial charge in [-0.05, 0) is 42.9 Å². The monoisotopic (exact) mass is 313 g/mol. The molecule has 0 unspecified atom stereocenters. The Hall–Kier alpha value is -2.04. The molecule has 2 aromatic rings. The average molecular weight is 313 g/mol. The number of ether oxygens (including phenoxy) is 1. The summed E-state index contributed by atoms with van der Waals surface area (Å²) in [5.41, 5.74) is 10.00. The highest BCUT2D eigenvalue weighted by molar-refractivity contribution is 5.41. The van der Waals surface area contributed by atoms with Crippen molar-refractivity contribution in [2.75, 3.05) is 25.6 Å². The normalized spacial score (nSPS) is 10.8. The Bertz CT molecular complexity index is 582. The van der Waals surface area contributed by atoms with Gasteiger partial charge in [-0.2, -0.15) is 0 Å². The number of hydrogen-bond acceptors (Lipinski definition) is 4. The first-order valence-electron chi connectivity index (χ1n) is 8.18. The Balaban J connectivity index is 1.99. The van der Waals surface area contributed by atoms with Crippen LogP contribution in [0, 0.1) is 0 Å². The van der Waals surface area contributed by atoms with Gasteiger partial charge < -0.3 is 10.2 Å². The molecule has 0 aromatic heterocycles. The second-order valence-corrected chi connectivity index (χ2v) is 5.45. The van der Waals surface area contributed by atoms with Crippen LogP contribution < -0.4 is 15.6 Å². The van der Waals surface area contributed by atoms with E-state index >= 15 is 0 Å². The van der Waals surface area contributed by atoms with Gasteiger partial charge in [0.15, 0.2) is 0 Å². The number of benzene rings is 2. The van der Waals surface area contributed by atoms with E-state index in [0.29, 0.717) is 0 Å². The topological polar surface area (TPSA) is 36.5 Å². The zero-order valence-corrected chi connectivity index (χ0v) is 14.3. The number of para-hydroxylation sites is 1. The summed E-state index contributed by atoms with van der Waals surface area (Å²) in [6.07, 6.45) is 0. The molecule has 0 aliphatic rings. The van der Waals surface area contributed by atoms with Crippen LogP contribution in [0.15, 0.2) is 48.5 Å². The first kappa shape index (κ1) is 17.3. The molecule has 23 heavy (non-hydrogen) atoms. The molecule has 0 saturated heterocycles. The number of anilines is 1. The highest BCUT2D eigenvalue weighted by Gasteiger charge is 2.08. The Morgan fingerprint density at radius 2 is 1.74 bits per heavy atom. The van der Waals surface area contributed by atoms with Gasteiger partial charge in [0.25, 0.3) is 0 Å². The molecule has 124 valence electrons. The molecule has 2 rings (SSSR count). The molecular weight excluding hydrogens is 286 g/mol. The van der Waals surface area contributed by atoms with Gasteiger partial charge >= 0.3 is 0 Å². The summed E-state index contributed by atoms with van der Waals surface area (Å²) in [6, 6.07) is 16.5. The molecule has 0 saturated carbocycles. The van der Waals surface area contributed by atoms with Crippen LogP contribution in [0.2, 0.25) is 0 Å². The Labute approximate surface area is 139 Å². The van der Waals surface area contributed by atoms with Crippen molar-refractivity contribution in [2.24, 2.45) is 0 Å². The molecule has 0 fully saturated rings. The Morgan fingerprint density at radius 3 is 2.39 bits per heavy atom. The molecular formula is C19H27N3O. The predicted octanol–water partition coefficient (Wildman–Crippen LogP) is 3.65. The van der Waals surface area contributed by atoms with Crippen LogP contribution >= 0.6 is 0 Å². The van der Waals surface area contributed by atoms with Crippen LogP contribution in [-0.4, -0.2) is 25.1 Å². The van der Waals surface area contributed by atoms with Crippen LogP contribution in [0.4, 0.5) is 5.69 Å². The van der Waals surface area contributed by atoms with E-state index in [4.69, 9.17) is 4.74 Å². The smallest absolute Gasteiger partial charge is 0.123 e. The molecule has 2 N–H and O–H groups in total. The van der Waals surface area contributed by atoms with Crippen LogP contribution in [-0.2, 0) is 13.1 Å². The van der Waals surface area contributed by atoms with Crippen molar-refractivity contribution in [2.45, 2.75) is 26.9 Å². The lowest BCUT2D eigenvalue weighted by atomic mass is 10.1. The molecule has 0 atom stereocenters. The quantitative estimate of drug-likeness (QED) is 0.693. The average Bonchev–Trinajstić information content (AvgIpc) is 2.60. The first-order valence-corrected chi connectivity index (χ1v) is 8.18. The fourth-order valence-electron chi connectivity index (χ4n) is 2.52. The minimum absolute atomic E-state index is 0.754. The van der Waals surface area contributed by atoms with Crippen LogP contribution in [0.3, 0.4) is 0 Å². The zero-order valence-electron chi connectivity index (χ0n) is 14.3. The molecule has 2 aromatic carbocycles. The highest BCUT2D eigenvalue weighted by Crippen LogP contribution is 2.21. The van der Waals surface area contributed by atoms with E-state index in [0.717, 1.165) is 37.6 Å². The SMILES string of the molecule is CCN(CC)Cc1cc(CNNc2ccccc2)ccc1OC. The summed E-state index contributed by atoms with van der Waals surface area (Å²) in [5.74, 6) is 0.955. The van der Waals surface area contributed by atoms with Gasteiger partial charge in [-0.3, -0.25) is 4.90 Å². The van der Waals surface area contributed by atoms with Crippen molar-refractivity contribution >= 4 is 5.69 Å². The van der Waals surface area contributed by atoms with Crippen molar-refractivity contribution in [1.29, 1.82) is 0 Å². The summed E-state index contributed by atoms with van der Waals surface area (Å²) < 4.78 is 5.50. The van der Waals surface area contributed by atoms with E-state index in [1.54, 1.807) is 7.11 Å². The maximum atomic E-state index is 5.50. The molecule has 0 aliphatic carbocycles. The summed E-state index contributed by atoms with van der Waals surface area (Å²) in [6.45, 7) is 8.12. The summed E-state index contributed by atoms with van der Waals surface area (Å²) >= 11 is 0. The zero-order chi connectivity index (χ0) is 16.5. The first-order chi connectivity index (χ1) is 11.3. The van der Waals surface area contributed by atoms with E-state index < -0.39 is 0 Å². The molecule has 0 amide bonds. The van der Waals surface area contributed by atoms with Crippen LogP contribution in [0.1, 0.15) is 25.0 Å². The van der Waals surface area contributed by atoms with Gasteiger partial charge in [0.2, 0.25) is 0 Å². The summed E-state index contributed by atoms with van der Waals surface area (Å²) in [7, 11) is 1.73. The molecule has 0 radical (unpaired) electrons. The summed E-state index contributed by atoms with van der Waals surface area (Å²) in [5, 5.41) is 0. The standard InChI is InChI=1S/C19H27N3O/c1-4-22(5-2)15-17-13-16(11-12-19(17)23-3)14-20-21-18-9-7-6-8-10-18/h6-13,20-21H,4-5,14-15H2,1-3H3. The third-order valence-electron chi connectivity index (χ3n) is 3.93. The molecule has 0 aliphatic heterocycles. The van der Waals surface area contributed by atoms with E-state index in [1.807, 2.05) is 30.3 Å². The van der Waals surface area contributed by atoms with Gasteiger partial charge in [0.05, 0.1) is 7.11 Å². The molecule has 0 bridgehead atoms. The van der Waals surface area contributed by atoms with Gasteiger partial charge in [0, 0.05) is 24.3 Å².